The SMILES string of the molecule is CCCNC(=O)NS(=O)(=O)c1ccccc1-c1ccc(Cn2c(CC(=O)O)cnc2SC)cc1. The number of nitrogens with zero attached hydrogens (tertiary/aromatic N) is 2. The normalized spacial score (nSPS) is 11.2. The van der Waals surface area contributed by atoms with Crippen molar-refractivity contribution in [3.05, 3.63) is 66.0 Å². The molecule has 11 heteroatoms. The predicted molar refractivity (Wildman–Crippen MR) is 130 cm³/mol. The number of hydrogen-bond acceptors (Lipinski definition) is 6. The third-order valence-electron chi connectivity index (χ3n) is 4.96. The zero-order valence-electron chi connectivity index (χ0n) is 18.8. The van der Waals surface area contributed by atoms with Crippen molar-refractivity contribution in [1.82, 2.24) is 19.6 Å². The second kappa shape index (κ2) is 11.2. The van der Waals surface area contributed by atoms with Crippen molar-refractivity contribution in [2.24, 2.45) is 0 Å². The lowest BCUT2D eigenvalue weighted by molar-refractivity contribution is -0.136. The summed E-state index contributed by atoms with van der Waals surface area (Å²) in [5.74, 6) is -0.932. The zero-order valence-corrected chi connectivity index (χ0v) is 20.4. The van der Waals surface area contributed by atoms with E-state index in [1.807, 2.05) is 29.9 Å². The topological polar surface area (TPSA) is 130 Å². The van der Waals surface area contributed by atoms with E-state index >= 15 is 0 Å². The molecule has 2 amide bonds. The molecule has 3 rings (SSSR count). The summed E-state index contributed by atoms with van der Waals surface area (Å²) in [7, 11) is -4.08. The van der Waals surface area contributed by atoms with Crippen LogP contribution in [0.1, 0.15) is 24.6 Å². The Balaban J connectivity index is 1.86. The van der Waals surface area contributed by atoms with Crippen LogP contribution in [-0.4, -0.2) is 47.9 Å². The van der Waals surface area contributed by atoms with Crippen molar-refractivity contribution in [2.45, 2.75) is 36.4 Å². The molecule has 0 atom stereocenters. The van der Waals surface area contributed by atoms with Gasteiger partial charge in [0.25, 0.3) is 10.0 Å². The second-order valence-electron chi connectivity index (χ2n) is 7.45. The molecule has 1 heterocycles. The molecule has 0 fully saturated rings. The Hall–Kier alpha value is -3.31. The number of aromatic nitrogens is 2. The Morgan fingerprint density at radius 3 is 2.47 bits per heavy atom. The van der Waals surface area contributed by atoms with E-state index in [1.54, 1.807) is 36.5 Å². The fourth-order valence-electron chi connectivity index (χ4n) is 3.38. The number of carbonyl (C=O) groups excluding carboxylic acids is 1. The molecule has 0 bridgehead atoms. The lowest BCUT2D eigenvalue weighted by Crippen LogP contribution is -2.39. The van der Waals surface area contributed by atoms with Gasteiger partial charge in [0.2, 0.25) is 0 Å². The number of carboxylic acids is 1. The number of thioether (sulfide) groups is 1. The molecule has 1 aromatic heterocycles. The number of carboxylic acid groups (broad SMARTS) is 1. The molecule has 0 saturated carbocycles. The summed E-state index contributed by atoms with van der Waals surface area (Å²) in [5, 5.41) is 12.4. The number of aliphatic carboxylic acids is 1. The molecule has 3 aromatic rings. The Labute approximate surface area is 202 Å². The van der Waals surface area contributed by atoms with Crippen molar-refractivity contribution >= 4 is 33.8 Å². The van der Waals surface area contributed by atoms with Crippen LogP contribution in [0.5, 0.6) is 0 Å². The molecular formula is C23H26N4O5S2. The number of imidazole rings is 1. The molecule has 0 aliphatic heterocycles. The molecule has 2 aromatic carbocycles. The fourth-order valence-corrected chi connectivity index (χ4v) is 5.10. The van der Waals surface area contributed by atoms with Crippen LogP contribution >= 0.6 is 11.8 Å². The van der Waals surface area contributed by atoms with Gasteiger partial charge in [0.15, 0.2) is 5.16 Å². The number of hydrogen-bond donors (Lipinski definition) is 3. The maximum atomic E-state index is 12.8. The van der Waals surface area contributed by atoms with Gasteiger partial charge in [0.1, 0.15) is 0 Å². The molecule has 180 valence electrons. The number of sulfonamides is 1. The maximum absolute atomic E-state index is 12.8. The quantitative estimate of drug-likeness (QED) is 0.363. The summed E-state index contributed by atoms with van der Waals surface area (Å²) in [5.41, 5.74) is 2.63. The molecule has 0 aliphatic carbocycles. The summed E-state index contributed by atoms with van der Waals surface area (Å²) in [6.07, 6.45) is 4.00. The summed E-state index contributed by atoms with van der Waals surface area (Å²) in [6.45, 7) is 2.67. The number of amides is 2. The first-order chi connectivity index (χ1) is 16.2. The van der Waals surface area contributed by atoms with Gasteiger partial charge in [-0.2, -0.15) is 0 Å². The average Bonchev–Trinajstić information content (AvgIpc) is 3.18. The highest BCUT2D eigenvalue weighted by Gasteiger charge is 2.21. The summed E-state index contributed by atoms with van der Waals surface area (Å²) in [6, 6.07) is 13.0. The second-order valence-corrected chi connectivity index (χ2v) is 9.87. The van der Waals surface area contributed by atoms with Crippen molar-refractivity contribution in [2.75, 3.05) is 12.8 Å². The first-order valence-corrected chi connectivity index (χ1v) is 13.2. The van der Waals surface area contributed by atoms with Gasteiger partial charge >= 0.3 is 12.0 Å². The van der Waals surface area contributed by atoms with Crippen LogP contribution in [0.4, 0.5) is 4.79 Å². The highest BCUT2D eigenvalue weighted by Crippen LogP contribution is 2.28. The number of carbonyl (C=O) groups is 2. The average molecular weight is 503 g/mol. The standard InChI is InChI=1S/C23H26N4O5S2/c1-3-12-24-22(30)26-34(31,32)20-7-5-4-6-19(20)17-10-8-16(9-11-17)15-27-18(13-21(28)29)14-25-23(27)33-2/h4-11,14H,3,12-13,15H2,1-2H3,(H,28,29)(H2,24,26,30). The minimum atomic E-state index is -4.08. The monoisotopic (exact) mass is 502 g/mol. The van der Waals surface area contributed by atoms with Crippen LogP contribution in [0.2, 0.25) is 0 Å². The minimum Gasteiger partial charge on any atom is -0.481 e. The maximum Gasteiger partial charge on any atom is 0.328 e. The molecule has 0 radical (unpaired) electrons. The molecular weight excluding hydrogens is 476 g/mol. The highest BCUT2D eigenvalue weighted by molar-refractivity contribution is 7.98. The van der Waals surface area contributed by atoms with E-state index in [0.717, 1.165) is 5.56 Å². The largest absolute Gasteiger partial charge is 0.481 e. The molecule has 3 N–H and O–H groups in total. The van der Waals surface area contributed by atoms with Crippen molar-refractivity contribution in [3.8, 4) is 11.1 Å². The van der Waals surface area contributed by atoms with E-state index in [2.05, 4.69) is 15.0 Å². The molecule has 0 unspecified atom stereocenters. The van der Waals surface area contributed by atoms with Gasteiger partial charge in [-0.25, -0.2) is 22.9 Å². The smallest absolute Gasteiger partial charge is 0.328 e. The third kappa shape index (κ3) is 6.17. The highest BCUT2D eigenvalue weighted by atomic mass is 32.2. The van der Waals surface area contributed by atoms with E-state index in [9.17, 15) is 18.0 Å². The van der Waals surface area contributed by atoms with Gasteiger partial charge in [-0.15, -0.1) is 0 Å². The van der Waals surface area contributed by atoms with Gasteiger partial charge in [-0.1, -0.05) is 61.2 Å². The Morgan fingerprint density at radius 2 is 1.82 bits per heavy atom. The Morgan fingerprint density at radius 1 is 1.12 bits per heavy atom. The van der Waals surface area contributed by atoms with Crippen LogP contribution in [0.3, 0.4) is 0 Å². The molecule has 34 heavy (non-hydrogen) atoms. The molecule has 9 nitrogen and oxygen atoms in total. The van der Waals surface area contributed by atoms with E-state index < -0.39 is 22.0 Å². The van der Waals surface area contributed by atoms with Crippen molar-refractivity contribution in [1.29, 1.82) is 0 Å². The lowest BCUT2D eigenvalue weighted by atomic mass is 10.0. The Kier molecular flexibility index (Phi) is 8.35. The molecule has 0 saturated heterocycles. The van der Waals surface area contributed by atoms with Crippen LogP contribution in [0, 0.1) is 0 Å². The summed E-state index contributed by atoms with van der Waals surface area (Å²) >= 11 is 1.43. The third-order valence-corrected chi connectivity index (χ3v) is 7.04. The molecule has 0 aliphatic rings. The van der Waals surface area contributed by atoms with Gasteiger partial charge < -0.3 is 15.0 Å². The fraction of sp³-hybridized carbons (Fsp3) is 0.261. The van der Waals surface area contributed by atoms with E-state index in [0.29, 0.717) is 41.5 Å². The minimum absolute atomic E-state index is 0.00239. The van der Waals surface area contributed by atoms with Crippen LogP contribution in [0.25, 0.3) is 11.1 Å². The van der Waals surface area contributed by atoms with E-state index in [1.165, 1.54) is 17.8 Å². The predicted octanol–water partition coefficient (Wildman–Crippen LogP) is 3.35. The van der Waals surface area contributed by atoms with Crippen molar-refractivity contribution < 1.29 is 23.1 Å². The number of nitrogens with one attached hydrogen (secondary N) is 2. The van der Waals surface area contributed by atoms with Crippen LogP contribution in [-0.2, 0) is 27.8 Å². The lowest BCUT2D eigenvalue weighted by Gasteiger charge is -2.13. The van der Waals surface area contributed by atoms with Gasteiger partial charge in [0.05, 0.1) is 11.3 Å². The van der Waals surface area contributed by atoms with Crippen LogP contribution in [0.15, 0.2) is 64.8 Å². The van der Waals surface area contributed by atoms with Crippen molar-refractivity contribution in [3.63, 3.8) is 0 Å². The zero-order chi connectivity index (χ0) is 24.7. The summed E-state index contributed by atoms with van der Waals surface area (Å²) < 4.78 is 29.6. The first kappa shape index (κ1) is 25.3. The Bertz CT molecular complexity index is 1270. The van der Waals surface area contributed by atoms with Gasteiger partial charge in [-0.05, 0) is 29.9 Å². The number of rotatable bonds is 10. The van der Waals surface area contributed by atoms with E-state index in [4.69, 9.17) is 5.11 Å². The number of benzene rings is 2. The van der Waals surface area contributed by atoms with Gasteiger partial charge in [-0.3, -0.25) is 4.79 Å². The first-order valence-electron chi connectivity index (χ1n) is 10.5. The number of urea groups is 1. The van der Waals surface area contributed by atoms with E-state index in [-0.39, 0.29) is 11.3 Å². The van der Waals surface area contributed by atoms with Gasteiger partial charge in [0, 0.05) is 30.5 Å². The summed E-state index contributed by atoms with van der Waals surface area (Å²) in [4.78, 5) is 27.4. The molecule has 0 spiro atoms. The van der Waals surface area contributed by atoms with Crippen LogP contribution < -0.4 is 10.0 Å².